The summed E-state index contributed by atoms with van der Waals surface area (Å²) in [4.78, 5) is 1.46. The van der Waals surface area contributed by atoms with E-state index in [4.69, 9.17) is 5.11 Å². The first-order chi connectivity index (χ1) is 9.86. The molecule has 2 rings (SSSR count). The van der Waals surface area contributed by atoms with E-state index < -0.39 is 24.4 Å². The Kier molecular flexibility index (Phi) is 6.49. The van der Waals surface area contributed by atoms with E-state index in [0.717, 1.165) is 12.1 Å². The van der Waals surface area contributed by atoms with Crippen molar-refractivity contribution in [2.75, 3.05) is 32.8 Å². The minimum absolute atomic E-state index is 0. The molecule has 1 aliphatic heterocycles. The van der Waals surface area contributed by atoms with E-state index in [1.807, 2.05) is 0 Å². The van der Waals surface area contributed by atoms with Crippen LogP contribution in [0.2, 0.25) is 0 Å². The zero-order valence-electron chi connectivity index (χ0n) is 12.2. The number of hydrogen-bond donors (Lipinski definition) is 3. The quantitative estimate of drug-likeness (QED) is 0.783. The molecule has 0 amide bonds. The van der Waals surface area contributed by atoms with Gasteiger partial charge >= 0.3 is 0 Å². The molecule has 126 valence electrons. The van der Waals surface area contributed by atoms with Crippen LogP contribution in [0.3, 0.4) is 0 Å². The third-order valence-electron chi connectivity index (χ3n) is 3.72. The van der Waals surface area contributed by atoms with Gasteiger partial charge < -0.3 is 15.5 Å². The molecule has 3 N–H and O–H groups in total. The topological polar surface area (TPSA) is 55.7 Å². The molecule has 0 radical (unpaired) electrons. The Morgan fingerprint density at radius 1 is 1.32 bits per heavy atom. The summed E-state index contributed by atoms with van der Waals surface area (Å²) < 4.78 is 41.9. The van der Waals surface area contributed by atoms with Crippen LogP contribution in [0.1, 0.15) is 17.2 Å². The molecule has 0 aromatic heterocycles. The van der Waals surface area contributed by atoms with Crippen LogP contribution >= 0.6 is 12.4 Å². The lowest BCUT2D eigenvalue weighted by atomic mass is 9.95. The van der Waals surface area contributed by atoms with Crippen molar-refractivity contribution in [3.63, 3.8) is 0 Å². The van der Waals surface area contributed by atoms with Gasteiger partial charge in [0.2, 0.25) is 0 Å². The van der Waals surface area contributed by atoms with Crippen molar-refractivity contribution < 1.29 is 23.4 Å². The van der Waals surface area contributed by atoms with Crippen LogP contribution in [0.25, 0.3) is 0 Å². The molecule has 0 saturated carbocycles. The van der Waals surface area contributed by atoms with Crippen molar-refractivity contribution >= 4 is 12.4 Å². The van der Waals surface area contributed by atoms with Crippen molar-refractivity contribution in [1.29, 1.82) is 0 Å². The fraction of sp³-hybridized carbons (Fsp3) is 0.571. The number of piperazine rings is 1. The van der Waals surface area contributed by atoms with Crippen molar-refractivity contribution in [3.8, 4) is 5.75 Å². The standard InChI is InChI=1S/C14H19F3N2O2.ClH/c1-9-6-10(15)7-11(12(9)21)13(14(16,17)8-20)19-4-2-18-3-5-19;/h6-7,13,18,20-21H,2-5,8H2,1H3;1H/t13-;/m0./s1. The number of rotatable bonds is 4. The molecule has 0 unspecified atom stereocenters. The highest BCUT2D eigenvalue weighted by Gasteiger charge is 2.45. The summed E-state index contributed by atoms with van der Waals surface area (Å²) in [6, 6.07) is 0.447. The number of aliphatic hydroxyl groups excluding tert-OH is 1. The number of aryl methyl sites for hydroxylation is 1. The van der Waals surface area contributed by atoms with E-state index in [0.29, 0.717) is 26.2 Å². The van der Waals surface area contributed by atoms with E-state index in [-0.39, 0.29) is 29.3 Å². The van der Waals surface area contributed by atoms with E-state index in [1.165, 1.54) is 11.8 Å². The van der Waals surface area contributed by atoms with Crippen LogP contribution < -0.4 is 5.32 Å². The molecule has 1 atom stereocenters. The second kappa shape index (κ2) is 7.50. The van der Waals surface area contributed by atoms with E-state index in [9.17, 15) is 18.3 Å². The number of aliphatic hydroxyl groups is 1. The van der Waals surface area contributed by atoms with Gasteiger partial charge in [0.15, 0.2) is 0 Å². The van der Waals surface area contributed by atoms with Gasteiger partial charge in [0.1, 0.15) is 24.2 Å². The molecule has 1 aliphatic rings. The normalized spacial score (nSPS) is 17.9. The molecule has 8 heteroatoms. The van der Waals surface area contributed by atoms with Crippen molar-refractivity contribution in [2.24, 2.45) is 0 Å². The lowest BCUT2D eigenvalue weighted by molar-refractivity contribution is -0.119. The maximum absolute atomic E-state index is 14.2. The predicted molar refractivity (Wildman–Crippen MR) is 79.3 cm³/mol. The van der Waals surface area contributed by atoms with Crippen LogP contribution in [-0.4, -0.2) is 53.8 Å². The molecular formula is C14H20ClF3N2O2. The Morgan fingerprint density at radius 3 is 2.45 bits per heavy atom. The number of alkyl halides is 2. The van der Waals surface area contributed by atoms with Gasteiger partial charge in [0, 0.05) is 31.7 Å². The Hall–Kier alpha value is -1.02. The van der Waals surface area contributed by atoms with Crippen LogP contribution in [0.15, 0.2) is 12.1 Å². The molecule has 0 bridgehead atoms. The van der Waals surface area contributed by atoms with Gasteiger partial charge in [-0.15, -0.1) is 12.4 Å². The number of benzene rings is 1. The number of nitrogens with zero attached hydrogens (tertiary/aromatic N) is 1. The van der Waals surface area contributed by atoms with Gasteiger partial charge in [-0.25, -0.2) is 13.2 Å². The number of phenolic OH excluding ortho intramolecular Hbond substituents is 1. The summed E-state index contributed by atoms with van der Waals surface area (Å²) in [5.74, 6) is -4.52. The van der Waals surface area contributed by atoms with Gasteiger partial charge in [-0.2, -0.15) is 0 Å². The number of halogens is 4. The van der Waals surface area contributed by atoms with Gasteiger partial charge in [0.05, 0.1) is 0 Å². The zero-order valence-corrected chi connectivity index (χ0v) is 13.0. The molecule has 1 heterocycles. The molecule has 0 spiro atoms. The van der Waals surface area contributed by atoms with Crippen molar-refractivity contribution in [1.82, 2.24) is 10.2 Å². The van der Waals surface area contributed by atoms with Crippen LogP contribution in [-0.2, 0) is 0 Å². The monoisotopic (exact) mass is 340 g/mol. The lowest BCUT2D eigenvalue weighted by Gasteiger charge is -2.39. The highest BCUT2D eigenvalue weighted by atomic mass is 35.5. The molecular weight excluding hydrogens is 321 g/mol. The fourth-order valence-electron chi connectivity index (χ4n) is 2.69. The van der Waals surface area contributed by atoms with Crippen LogP contribution in [0.4, 0.5) is 13.2 Å². The SMILES string of the molecule is Cc1cc(F)cc([C@H](N2CCNCC2)C(F)(F)CO)c1O.Cl. The molecule has 4 nitrogen and oxygen atoms in total. The van der Waals surface area contributed by atoms with Crippen LogP contribution in [0.5, 0.6) is 5.75 Å². The minimum atomic E-state index is -3.48. The smallest absolute Gasteiger partial charge is 0.290 e. The zero-order chi connectivity index (χ0) is 15.6. The largest absolute Gasteiger partial charge is 0.507 e. The Balaban J connectivity index is 0.00000242. The number of hydrogen-bond acceptors (Lipinski definition) is 4. The average Bonchev–Trinajstić information content (AvgIpc) is 2.45. The highest BCUT2D eigenvalue weighted by molar-refractivity contribution is 5.85. The third kappa shape index (κ3) is 3.84. The van der Waals surface area contributed by atoms with Crippen molar-refractivity contribution in [3.05, 3.63) is 29.1 Å². The molecule has 22 heavy (non-hydrogen) atoms. The Morgan fingerprint density at radius 2 is 1.91 bits per heavy atom. The fourth-order valence-corrected chi connectivity index (χ4v) is 2.69. The first-order valence-electron chi connectivity index (χ1n) is 6.79. The Bertz CT molecular complexity index is 511. The van der Waals surface area contributed by atoms with Gasteiger partial charge in [0.25, 0.3) is 5.92 Å². The van der Waals surface area contributed by atoms with Gasteiger partial charge in [-0.3, -0.25) is 4.90 Å². The van der Waals surface area contributed by atoms with Crippen molar-refractivity contribution in [2.45, 2.75) is 18.9 Å². The summed E-state index contributed by atoms with van der Waals surface area (Å²) in [6.07, 6.45) is 0. The molecule has 1 aromatic carbocycles. The van der Waals surface area contributed by atoms with Gasteiger partial charge in [-0.05, 0) is 24.6 Å². The minimum Gasteiger partial charge on any atom is -0.507 e. The molecule has 0 aliphatic carbocycles. The second-order valence-corrected chi connectivity index (χ2v) is 5.27. The first-order valence-corrected chi connectivity index (χ1v) is 6.79. The third-order valence-corrected chi connectivity index (χ3v) is 3.72. The number of aromatic hydroxyl groups is 1. The first kappa shape index (κ1) is 19.0. The second-order valence-electron chi connectivity index (χ2n) is 5.27. The summed E-state index contributed by atoms with van der Waals surface area (Å²) >= 11 is 0. The summed E-state index contributed by atoms with van der Waals surface area (Å²) in [5.41, 5.74) is 0.00678. The summed E-state index contributed by atoms with van der Waals surface area (Å²) in [6.45, 7) is 1.79. The van der Waals surface area contributed by atoms with Gasteiger partial charge in [-0.1, -0.05) is 0 Å². The maximum Gasteiger partial charge on any atom is 0.290 e. The number of nitrogens with one attached hydrogen (secondary N) is 1. The van der Waals surface area contributed by atoms with E-state index in [2.05, 4.69) is 5.32 Å². The van der Waals surface area contributed by atoms with Crippen LogP contribution in [0, 0.1) is 12.7 Å². The summed E-state index contributed by atoms with van der Waals surface area (Å²) in [7, 11) is 0. The van der Waals surface area contributed by atoms with E-state index >= 15 is 0 Å². The lowest BCUT2D eigenvalue weighted by Crippen LogP contribution is -2.51. The summed E-state index contributed by atoms with van der Waals surface area (Å²) in [5, 5.41) is 22.1. The highest BCUT2D eigenvalue weighted by Crippen LogP contribution is 2.41. The average molecular weight is 341 g/mol. The molecule has 1 aromatic rings. The molecule has 1 saturated heterocycles. The Labute approximate surface area is 133 Å². The van der Waals surface area contributed by atoms with E-state index in [1.54, 1.807) is 0 Å². The maximum atomic E-state index is 14.2. The predicted octanol–water partition coefficient (Wildman–Crippen LogP) is 1.84. The number of phenols is 1. The molecule has 1 fully saturated rings.